The van der Waals surface area contributed by atoms with Gasteiger partial charge in [0.05, 0.1) is 11.9 Å². The number of rotatable bonds is 7. The highest BCUT2D eigenvalue weighted by Gasteiger charge is 2.13. The highest BCUT2D eigenvalue weighted by Crippen LogP contribution is 2.27. The molecule has 0 spiro atoms. The smallest absolute Gasteiger partial charge is 0.229 e. The molecular formula is C20H26N4O3S2. The first-order chi connectivity index (χ1) is 13.5. The van der Waals surface area contributed by atoms with Gasteiger partial charge in [-0.15, -0.1) is 4.91 Å². The van der Waals surface area contributed by atoms with Gasteiger partial charge in [0.15, 0.2) is 5.11 Å². The molecule has 156 valence electrons. The number of nitrogens with one attached hydrogen (secondary N) is 3. The quantitative estimate of drug-likeness (QED) is 0.451. The van der Waals surface area contributed by atoms with Gasteiger partial charge in [0.2, 0.25) is 10.0 Å². The van der Waals surface area contributed by atoms with Gasteiger partial charge < -0.3 is 10.6 Å². The highest BCUT2D eigenvalue weighted by molar-refractivity contribution is 7.92. The Morgan fingerprint density at radius 1 is 1.00 bits per heavy atom. The number of anilines is 1. The lowest BCUT2D eigenvalue weighted by Gasteiger charge is -2.19. The van der Waals surface area contributed by atoms with Crippen LogP contribution in [0, 0.1) is 4.91 Å². The van der Waals surface area contributed by atoms with Gasteiger partial charge in [-0.25, -0.2) is 8.42 Å². The van der Waals surface area contributed by atoms with Crippen molar-refractivity contribution in [2.45, 2.75) is 39.3 Å². The molecule has 0 heterocycles. The number of sulfonamides is 1. The molecular weight excluding hydrogens is 408 g/mol. The third-order valence-electron chi connectivity index (χ3n) is 4.18. The largest absolute Gasteiger partial charge is 0.359 e. The van der Waals surface area contributed by atoms with Gasteiger partial charge in [0.25, 0.3) is 0 Å². The maximum absolute atomic E-state index is 11.3. The molecule has 3 N–H and O–H groups in total. The van der Waals surface area contributed by atoms with Gasteiger partial charge in [-0.05, 0) is 51.6 Å². The lowest BCUT2D eigenvalue weighted by Crippen LogP contribution is -2.34. The van der Waals surface area contributed by atoms with E-state index in [0.717, 1.165) is 17.4 Å². The first-order valence-corrected chi connectivity index (χ1v) is 11.3. The number of thiocarbonyl (C=S) groups is 1. The molecule has 0 bridgehead atoms. The Morgan fingerprint density at radius 3 is 2.07 bits per heavy atom. The van der Waals surface area contributed by atoms with E-state index < -0.39 is 10.0 Å². The molecule has 0 saturated heterocycles. The Balaban J connectivity index is 1.89. The van der Waals surface area contributed by atoms with Gasteiger partial charge in [-0.2, -0.15) is 0 Å². The summed E-state index contributed by atoms with van der Waals surface area (Å²) in [6.45, 7) is 7.49. The van der Waals surface area contributed by atoms with Crippen molar-refractivity contribution in [2.75, 3.05) is 11.0 Å². The van der Waals surface area contributed by atoms with E-state index in [0.29, 0.717) is 18.2 Å². The van der Waals surface area contributed by atoms with Crippen molar-refractivity contribution in [2.24, 2.45) is 5.18 Å². The van der Waals surface area contributed by atoms with Crippen LogP contribution in [0.15, 0.2) is 47.6 Å². The number of hydrogen-bond donors (Lipinski definition) is 3. The summed E-state index contributed by atoms with van der Waals surface area (Å²) in [7, 11) is -3.49. The SMILES string of the molecule is CC(C)(C)c1ccc(CNC(=S)NCc2ccc(NS(C)(=O)=O)c(N=O)c2)cc1. The van der Waals surface area contributed by atoms with Crippen LogP contribution in [-0.2, 0) is 28.5 Å². The van der Waals surface area contributed by atoms with Gasteiger partial charge in [-0.3, -0.25) is 4.72 Å². The predicted molar refractivity (Wildman–Crippen MR) is 122 cm³/mol. The van der Waals surface area contributed by atoms with Gasteiger partial charge >= 0.3 is 0 Å². The van der Waals surface area contributed by atoms with Crippen LogP contribution < -0.4 is 15.4 Å². The summed E-state index contributed by atoms with van der Waals surface area (Å²) in [6.07, 6.45) is 1.01. The van der Waals surface area contributed by atoms with Crippen molar-refractivity contribution < 1.29 is 8.42 Å². The Bertz CT molecular complexity index is 982. The molecule has 0 aromatic heterocycles. The van der Waals surface area contributed by atoms with E-state index in [-0.39, 0.29) is 16.8 Å². The number of hydrogen-bond acceptors (Lipinski definition) is 5. The van der Waals surface area contributed by atoms with Crippen molar-refractivity contribution >= 4 is 38.7 Å². The minimum absolute atomic E-state index is 0.0209. The maximum Gasteiger partial charge on any atom is 0.229 e. The van der Waals surface area contributed by atoms with Crippen LogP contribution in [0.2, 0.25) is 0 Å². The Labute approximate surface area is 177 Å². The summed E-state index contributed by atoms with van der Waals surface area (Å²) in [6, 6.07) is 13.1. The summed E-state index contributed by atoms with van der Waals surface area (Å²) in [5.74, 6) is 0. The summed E-state index contributed by atoms with van der Waals surface area (Å²) in [4.78, 5) is 11.0. The van der Waals surface area contributed by atoms with Gasteiger partial charge in [0, 0.05) is 13.1 Å². The van der Waals surface area contributed by atoms with E-state index in [2.05, 4.69) is 65.6 Å². The van der Waals surface area contributed by atoms with Crippen molar-refractivity contribution in [3.8, 4) is 0 Å². The lowest BCUT2D eigenvalue weighted by molar-refractivity contribution is 0.590. The topological polar surface area (TPSA) is 99.7 Å². The highest BCUT2D eigenvalue weighted by atomic mass is 32.2. The van der Waals surface area contributed by atoms with Gasteiger partial charge in [0.1, 0.15) is 5.69 Å². The second-order valence-electron chi connectivity index (χ2n) is 7.80. The summed E-state index contributed by atoms with van der Waals surface area (Å²) >= 11 is 5.30. The monoisotopic (exact) mass is 434 g/mol. The average Bonchev–Trinajstić information content (AvgIpc) is 2.64. The van der Waals surface area contributed by atoms with Crippen LogP contribution in [0.1, 0.15) is 37.5 Å². The number of nitrogens with zero attached hydrogens (tertiary/aromatic N) is 1. The molecule has 0 aliphatic carbocycles. The van der Waals surface area contributed by atoms with Crippen LogP contribution in [0.5, 0.6) is 0 Å². The molecule has 2 aromatic rings. The molecule has 0 amide bonds. The van der Waals surface area contributed by atoms with E-state index >= 15 is 0 Å². The average molecular weight is 435 g/mol. The van der Waals surface area contributed by atoms with Crippen molar-refractivity contribution in [1.82, 2.24) is 10.6 Å². The molecule has 2 aromatic carbocycles. The molecule has 29 heavy (non-hydrogen) atoms. The van der Waals surface area contributed by atoms with Crippen molar-refractivity contribution in [3.05, 3.63) is 64.1 Å². The minimum atomic E-state index is -3.49. The molecule has 0 unspecified atom stereocenters. The Kier molecular flexibility index (Phi) is 7.32. The zero-order valence-corrected chi connectivity index (χ0v) is 18.6. The van der Waals surface area contributed by atoms with Crippen molar-refractivity contribution in [1.29, 1.82) is 0 Å². The van der Waals surface area contributed by atoms with E-state index in [1.54, 1.807) is 6.07 Å². The fourth-order valence-electron chi connectivity index (χ4n) is 2.60. The normalized spacial score (nSPS) is 11.6. The number of benzene rings is 2. The van der Waals surface area contributed by atoms with Gasteiger partial charge in [-0.1, -0.05) is 51.1 Å². The second-order valence-corrected chi connectivity index (χ2v) is 9.96. The zero-order valence-electron chi connectivity index (χ0n) is 16.9. The van der Waals surface area contributed by atoms with Crippen LogP contribution in [-0.4, -0.2) is 19.8 Å². The first kappa shape index (κ1) is 22.8. The predicted octanol–water partition coefficient (Wildman–Crippen LogP) is 3.92. The Morgan fingerprint density at radius 2 is 1.55 bits per heavy atom. The minimum Gasteiger partial charge on any atom is -0.359 e. The van der Waals surface area contributed by atoms with E-state index in [1.165, 1.54) is 17.7 Å². The van der Waals surface area contributed by atoms with Crippen LogP contribution in [0.3, 0.4) is 0 Å². The Hall–Kier alpha value is -2.52. The third kappa shape index (κ3) is 7.43. The number of nitroso groups, excluding NO2 is 1. The summed E-state index contributed by atoms with van der Waals surface area (Å²) in [5.41, 5.74) is 3.42. The fourth-order valence-corrected chi connectivity index (χ4v) is 3.31. The first-order valence-electron chi connectivity index (χ1n) is 9.03. The second kappa shape index (κ2) is 9.32. The van der Waals surface area contributed by atoms with Crippen LogP contribution in [0.25, 0.3) is 0 Å². The standard InChI is InChI=1S/C20H26N4O3S2/c1-20(2,3)16-8-5-14(6-9-16)12-21-19(28)22-13-15-7-10-17(18(11-15)23-25)24-29(4,26)27/h5-11,24H,12-13H2,1-4H3,(H2,21,22,28). The molecule has 9 heteroatoms. The molecule has 2 rings (SSSR count). The molecule has 7 nitrogen and oxygen atoms in total. The zero-order chi connectivity index (χ0) is 21.7. The van der Waals surface area contributed by atoms with Crippen LogP contribution >= 0.6 is 12.2 Å². The molecule has 0 radical (unpaired) electrons. The fraction of sp³-hybridized carbons (Fsp3) is 0.350. The summed E-state index contributed by atoms with van der Waals surface area (Å²) < 4.78 is 24.9. The molecule has 0 aliphatic rings. The lowest BCUT2D eigenvalue weighted by atomic mass is 9.87. The van der Waals surface area contributed by atoms with E-state index in [1.807, 2.05) is 0 Å². The molecule has 0 atom stereocenters. The molecule has 0 saturated carbocycles. The molecule has 0 aliphatic heterocycles. The third-order valence-corrected chi connectivity index (χ3v) is 5.06. The maximum atomic E-state index is 11.3. The summed E-state index contributed by atoms with van der Waals surface area (Å²) in [5, 5.41) is 9.57. The van der Waals surface area contributed by atoms with Crippen LogP contribution in [0.4, 0.5) is 11.4 Å². The van der Waals surface area contributed by atoms with E-state index in [4.69, 9.17) is 12.2 Å². The van der Waals surface area contributed by atoms with Crippen molar-refractivity contribution in [3.63, 3.8) is 0 Å². The van der Waals surface area contributed by atoms with E-state index in [9.17, 15) is 13.3 Å². The molecule has 0 fully saturated rings.